The van der Waals surface area contributed by atoms with Crippen molar-refractivity contribution in [3.8, 4) is 0 Å². The minimum absolute atomic E-state index is 0.122. The summed E-state index contributed by atoms with van der Waals surface area (Å²) in [6, 6.07) is 0. The van der Waals surface area contributed by atoms with Gasteiger partial charge in [-0.3, -0.25) is 9.59 Å². The standard InChI is InChI=1S/C43H68O5/c1-3-5-7-9-11-13-15-17-19-21-23-25-27-29-31-33-35-37-42(45)47-40-41(39-44)48-43(46)38-36-34-32-30-28-26-24-22-20-18-16-14-12-10-8-6-4-2/h11-14,17-20,23-26,29-32,41,44H,3-10,15-16,21-22,27-28,33-40H2,1-2H3/b13-11+,14-12+,19-17+,20-18+,25-23+,26-24+,31-29+,32-30+. The second kappa shape index (κ2) is 38.3. The first kappa shape index (κ1) is 44.8. The smallest absolute Gasteiger partial charge is 0.306 e. The highest BCUT2D eigenvalue weighted by Gasteiger charge is 2.15. The Labute approximate surface area is 294 Å². The Hall–Kier alpha value is -3.18. The highest BCUT2D eigenvalue weighted by atomic mass is 16.6. The van der Waals surface area contributed by atoms with Crippen LogP contribution in [0.3, 0.4) is 0 Å². The summed E-state index contributed by atoms with van der Waals surface area (Å²) in [5, 5.41) is 9.53. The summed E-state index contributed by atoms with van der Waals surface area (Å²) in [6.45, 7) is 3.96. The Kier molecular flexibility index (Phi) is 35.7. The van der Waals surface area contributed by atoms with Crippen molar-refractivity contribution in [1.29, 1.82) is 0 Å². The zero-order valence-corrected chi connectivity index (χ0v) is 30.5. The fourth-order valence-electron chi connectivity index (χ4n) is 4.48. The Morgan fingerprint density at radius 3 is 1.17 bits per heavy atom. The third kappa shape index (κ3) is 35.7. The summed E-state index contributed by atoms with van der Waals surface area (Å²) in [5.74, 6) is -0.734. The van der Waals surface area contributed by atoms with Gasteiger partial charge in [-0.2, -0.15) is 0 Å². The molecule has 1 atom stereocenters. The minimum Gasteiger partial charge on any atom is -0.462 e. The first-order valence-corrected chi connectivity index (χ1v) is 18.8. The minimum atomic E-state index is -0.827. The molecule has 48 heavy (non-hydrogen) atoms. The van der Waals surface area contributed by atoms with Crippen LogP contribution < -0.4 is 0 Å². The number of allylic oxidation sites excluding steroid dienone is 16. The summed E-state index contributed by atoms with van der Waals surface area (Å²) >= 11 is 0. The lowest BCUT2D eigenvalue weighted by Gasteiger charge is -2.15. The number of aliphatic hydroxyl groups is 1. The average Bonchev–Trinajstić information content (AvgIpc) is 3.09. The molecule has 0 spiro atoms. The molecule has 1 unspecified atom stereocenters. The van der Waals surface area contributed by atoms with Gasteiger partial charge in [-0.1, -0.05) is 137 Å². The molecule has 0 saturated carbocycles. The number of hydrogen-bond acceptors (Lipinski definition) is 5. The Bertz CT molecular complexity index is 979. The highest BCUT2D eigenvalue weighted by molar-refractivity contribution is 5.70. The molecule has 0 heterocycles. The van der Waals surface area contributed by atoms with Crippen LogP contribution in [-0.4, -0.2) is 36.4 Å². The quantitative estimate of drug-likeness (QED) is 0.0440. The zero-order valence-electron chi connectivity index (χ0n) is 30.5. The average molecular weight is 665 g/mol. The van der Waals surface area contributed by atoms with Gasteiger partial charge in [0.05, 0.1) is 6.61 Å². The lowest BCUT2D eigenvalue weighted by molar-refractivity contribution is -0.161. The molecule has 0 aromatic carbocycles. The van der Waals surface area contributed by atoms with Crippen LogP contribution in [0.2, 0.25) is 0 Å². The van der Waals surface area contributed by atoms with E-state index in [1.54, 1.807) is 0 Å². The van der Waals surface area contributed by atoms with Crippen LogP contribution in [0.15, 0.2) is 97.2 Å². The van der Waals surface area contributed by atoms with Gasteiger partial charge >= 0.3 is 11.9 Å². The van der Waals surface area contributed by atoms with Gasteiger partial charge < -0.3 is 14.6 Å². The number of esters is 2. The predicted octanol–water partition coefficient (Wildman–Crippen LogP) is 11.7. The Morgan fingerprint density at radius 1 is 0.479 bits per heavy atom. The maximum absolute atomic E-state index is 12.1. The van der Waals surface area contributed by atoms with Gasteiger partial charge in [0, 0.05) is 12.8 Å². The van der Waals surface area contributed by atoms with E-state index in [4.69, 9.17) is 9.47 Å². The number of carbonyl (C=O) groups excluding carboxylic acids is 2. The van der Waals surface area contributed by atoms with E-state index in [-0.39, 0.29) is 31.6 Å². The molecule has 0 aromatic heterocycles. The normalized spacial score (nSPS) is 13.3. The molecule has 270 valence electrons. The number of hydrogen-bond donors (Lipinski definition) is 1. The lowest BCUT2D eigenvalue weighted by Crippen LogP contribution is -2.28. The number of unbranched alkanes of at least 4 members (excludes halogenated alkanes) is 8. The number of ether oxygens (including phenoxy) is 2. The molecule has 5 heteroatoms. The van der Waals surface area contributed by atoms with Crippen LogP contribution >= 0.6 is 0 Å². The van der Waals surface area contributed by atoms with Gasteiger partial charge in [0.15, 0.2) is 6.10 Å². The van der Waals surface area contributed by atoms with E-state index >= 15 is 0 Å². The largest absolute Gasteiger partial charge is 0.462 e. The fourth-order valence-corrected chi connectivity index (χ4v) is 4.48. The molecule has 0 fully saturated rings. The van der Waals surface area contributed by atoms with E-state index in [0.717, 1.165) is 51.4 Å². The molecule has 0 aliphatic heterocycles. The van der Waals surface area contributed by atoms with E-state index in [1.807, 2.05) is 0 Å². The molecule has 0 aliphatic carbocycles. The molecule has 0 aliphatic rings. The van der Waals surface area contributed by atoms with Gasteiger partial charge in [0.2, 0.25) is 0 Å². The van der Waals surface area contributed by atoms with E-state index in [1.165, 1.54) is 51.4 Å². The molecule has 0 bridgehead atoms. The van der Waals surface area contributed by atoms with Crippen LogP contribution in [0.5, 0.6) is 0 Å². The molecule has 0 amide bonds. The van der Waals surface area contributed by atoms with Crippen molar-refractivity contribution in [2.75, 3.05) is 13.2 Å². The van der Waals surface area contributed by atoms with Crippen LogP contribution in [0, 0.1) is 0 Å². The van der Waals surface area contributed by atoms with Gasteiger partial charge in [-0.25, -0.2) is 0 Å². The van der Waals surface area contributed by atoms with Crippen LogP contribution in [0.1, 0.15) is 142 Å². The van der Waals surface area contributed by atoms with Crippen LogP contribution in [0.4, 0.5) is 0 Å². The van der Waals surface area contributed by atoms with Gasteiger partial charge in [0.25, 0.3) is 0 Å². The Morgan fingerprint density at radius 2 is 0.812 bits per heavy atom. The topological polar surface area (TPSA) is 72.8 Å². The number of rotatable bonds is 32. The van der Waals surface area contributed by atoms with Crippen molar-refractivity contribution in [2.24, 2.45) is 0 Å². The van der Waals surface area contributed by atoms with Crippen molar-refractivity contribution in [3.05, 3.63) is 97.2 Å². The first-order valence-electron chi connectivity index (χ1n) is 18.8. The van der Waals surface area contributed by atoms with Crippen LogP contribution in [0.25, 0.3) is 0 Å². The molecule has 0 radical (unpaired) electrons. The predicted molar refractivity (Wildman–Crippen MR) is 205 cm³/mol. The SMILES string of the molecule is CCCCC/C=C/C/C=C/C/C=C/C/C=C/CCCC(=O)OCC(CO)OC(=O)CCC/C=C/C/C=C/C/C=C/C/C=C/CCCCC. The molecule has 0 saturated heterocycles. The van der Waals surface area contributed by atoms with Crippen LogP contribution in [-0.2, 0) is 19.1 Å². The molecule has 5 nitrogen and oxygen atoms in total. The molecule has 1 N–H and O–H groups in total. The third-order valence-electron chi connectivity index (χ3n) is 7.35. The summed E-state index contributed by atoms with van der Waals surface area (Å²) in [7, 11) is 0. The van der Waals surface area contributed by atoms with Gasteiger partial charge in [0.1, 0.15) is 6.61 Å². The summed E-state index contributed by atoms with van der Waals surface area (Å²) in [6.07, 6.45) is 53.2. The lowest BCUT2D eigenvalue weighted by atomic mass is 10.2. The van der Waals surface area contributed by atoms with Crippen molar-refractivity contribution >= 4 is 11.9 Å². The van der Waals surface area contributed by atoms with E-state index in [2.05, 4.69) is 111 Å². The van der Waals surface area contributed by atoms with Gasteiger partial charge in [-0.05, 0) is 89.9 Å². The van der Waals surface area contributed by atoms with Crippen molar-refractivity contribution < 1.29 is 24.2 Å². The van der Waals surface area contributed by atoms with Gasteiger partial charge in [-0.15, -0.1) is 0 Å². The van der Waals surface area contributed by atoms with Crippen molar-refractivity contribution in [2.45, 2.75) is 148 Å². The third-order valence-corrected chi connectivity index (χ3v) is 7.35. The highest BCUT2D eigenvalue weighted by Crippen LogP contribution is 2.06. The maximum atomic E-state index is 12.1. The van der Waals surface area contributed by atoms with Crippen molar-refractivity contribution in [3.63, 3.8) is 0 Å². The zero-order chi connectivity index (χ0) is 35.0. The number of carbonyl (C=O) groups is 2. The summed E-state index contributed by atoms with van der Waals surface area (Å²) in [4.78, 5) is 24.2. The monoisotopic (exact) mass is 665 g/mol. The van der Waals surface area contributed by atoms with E-state index in [9.17, 15) is 14.7 Å². The maximum Gasteiger partial charge on any atom is 0.306 e. The summed E-state index contributed by atoms with van der Waals surface area (Å²) < 4.78 is 10.5. The second-order valence-electron chi connectivity index (χ2n) is 11.9. The summed E-state index contributed by atoms with van der Waals surface area (Å²) in [5.41, 5.74) is 0. The first-order chi connectivity index (χ1) is 23.6. The van der Waals surface area contributed by atoms with E-state index < -0.39 is 6.10 Å². The van der Waals surface area contributed by atoms with E-state index in [0.29, 0.717) is 19.3 Å². The Balaban J connectivity index is 3.81. The molecule has 0 aromatic rings. The van der Waals surface area contributed by atoms with Crippen molar-refractivity contribution in [1.82, 2.24) is 0 Å². The number of aliphatic hydroxyl groups excluding tert-OH is 1. The molecular formula is C43H68O5. The fraction of sp³-hybridized carbons (Fsp3) is 0.581. The molecule has 0 rings (SSSR count). The second-order valence-corrected chi connectivity index (χ2v) is 11.9. The molecular weight excluding hydrogens is 596 g/mol.